The lowest BCUT2D eigenvalue weighted by Crippen LogP contribution is -2.41. The Hall–Kier alpha value is -0.930. The summed E-state index contributed by atoms with van der Waals surface area (Å²) in [4.78, 5) is 2.17. The molecule has 0 saturated heterocycles. The van der Waals surface area contributed by atoms with E-state index in [1.165, 1.54) is 12.1 Å². The van der Waals surface area contributed by atoms with Gasteiger partial charge in [-0.2, -0.15) is 0 Å². The Kier molecular flexibility index (Phi) is 3.74. The minimum absolute atomic E-state index is 0.00171. The molecule has 1 aliphatic rings. The van der Waals surface area contributed by atoms with Gasteiger partial charge in [-0.3, -0.25) is 4.90 Å². The first-order valence-electron chi connectivity index (χ1n) is 6.53. The maximum absolute atomic E-state index is 12.8. The molecule has 0 heterocycles. The van der Waals surface area contributed by atoms with Crippen LogP contribution >= 0.6 is 0 Å². The van der Waals surface area contributed by atoms with Gasteiger partial charge in [0, 0.05) is 12.6 Å². The third-order valence-corrected chi connectivity index (χ3v) is 4.16. The molecule has 1 aromatic carbocycles. The highest BCUT2D eigenvalue weighted by Gasteiger charge is 2.42. The zero-order valence-corrected chi connectivity index (χ0v) is 11.4. The minimum Gasteiger partial charge on any atom is -0.391 e. The van der Waals surface area contributed by atoms with Crippen molar-refractivity contribution in [3.8, 4) is 0 Å². The lowest BCUT2D eigenvalue weighted by Gasteiger charge is -2.31. The second kappa shape index (κ2) is 4.98. The highest BCUT2D eigenvalue weighted by Crippen LogP contribution is 2.39. The molecule has 1 saturated carbocycles. The minimum atomic E-state index is -0.289. The number of aliphatic hydroxyl groups excluding tert-OH is 1. The maximum Gasteiger partial charge on any atom is 0.123 e. The molecule has 1 aliphatic carbocycles. The molecule has 0 aromatic heterocycles. The van der Waals surface area contributed by atoms with Crippen LogP contribution in [-0.2, 0) is 6.54 Å². The van der Waals surface area contributed by atoms with Crippen LogP contribution in [0.15, 0.2) is 24.3 Å². The van der Waals surface area contributed by atoms with Gasteiger partial charge in [-0.25, -0.2) is 4.39 Å². The van der Waals surface area contributed by atoms with E-state index in [0.29, 0.717) is 0 Å². The largest absolute Gasteiger partial charge is 0.391 e. The van der Waals surface area contributed by atoms with Crippen molar-refractivity contribution in [3.05, 3.63) is 35.6 Å². The molecule has 2 rings (SSSR count). The highest BCUT2D eigenvalue weighted by molar-refractivity contribution is 5.16. The third kappa shape index (κ3) is 2.73. The molecular formula is C15H22FNO. The fourth-order valence-electron chi connectivity index (χ4n) is 2.80. The Morgan fingerprint density at radius 3 is 2.44 bits per heavy atom. The third-order valence-electron chi connectivity index (χ3n) is 4.16. The first kappa shape index (κ1) is 13.5. The van der Waals surface area contributed by atoms with Crippen molar-refractivity contribution in [1.82, 2.24) is 4.90 Å². The van der Waals surface area contributed by atoms with E-state index in [0.717, 1.165) is 24.9 Å². The molecular weight excluding hydrogens is 229 g/mol. The second-order valence-corrected chi connectivity index (χ2v) is 6.08. The van der Waals surface area contributed by atoms with E-state index in [1.807, 2.05) is 7.05 Å². The number of halogens is 1. The Bertz CT molecular complexity index is 401. The summed E-state index contributed by atoms with van der Waals surface area (Å²) in [6.07, 6.45) is 1.78. The first-order chi connectivity index (χ1) is 8.40. The molecule has 1 aromatic rings. The highest BCUT2D eigenvalue weighted by atomic mass is 19.1. The van der Waals surface area contributed by atoms with Crippen molar-refractivity contribution in [2.24, 2.45) is 5.41 Å². The molecule has 1 fully saturated rings. The van der Waals surface area contributed by atoms with Crippen molar-refractivity contribution < 1.29 is 9.50 Å². The standard InChI is InChI=1S/C15H22FNO/c1-15(2)9-8-13(14(15)18)17(3)10-11-4-6-12(16)7-5-11/h4-7,13-14,18H,8-10H2,1-3H3. The molecule has 100 valence electrons. The maximum atomic E-state index is 12.8. The molecule has 0 spiro atoms. The van der Waals surface area contributed by atoms with Crippen molar-refractivity contribution in [2.75, 3.05) is 7.05 Å². The zero-order chi connectivity index (χ0) is 13.3. The van der Waals surface area contributed by atoms with Crippen LogP contribution in [0.3, 0.4) is 0 Å². The smallest absolute Gasteiger partial charge is 0.123 e. The summed E-state index contributed by atoms with van der Waals surface area (Å²) in [6, 6.07) is 6.78. The molecule has 0 bridgehead atoms. The SMILES string of the molecule is CN(Cc1ccc(F)cc1)C1CCC(C)(C)C1O. The Morgan fingerprint density at radius 2 is 1.94 bits per heavy atom. The van der Waals surface area contributed by atoms with Gasteiger partial charge in [0.25, 0.3) is 0 Å². The van der Waals surface area contributed by atoms with Gasteiger partial charge in [-0.05, 0) is 43.0 Å². The number of rotatable bonds is 3. The van der Waals surface area contributed by atoms with Gasteiger partial charge in [0.1, 0.15) is 5.82 Å². The quantitative estimate of drug-likeness (QED) is 0.893. The molecule has 0 radical (unpaired) electrons. The molecule has 0 amide bonds. The van der Waals surface area contributed by atoms with E-state index in [4.69, 9.17) is 0 Å². The van der Waals surface area contributed by atoms with E-state index in [1.54, 1.807) is 12.1 Å². The van der Waals surface area contributed by atoms with Gasteiger partial charge in [0.05, 0.1) is 6.10 Å². The van der Waals surface area contributed by atoms with Gasteiger partial charge < -0.3 is 5.11 Å². The molecule has 2 unspecified atom stereocenters. The fraction of sp³-hybridized carbons (Fsp3) is 0.600. The Labute approximate surface area is 108 Å². The molecule has 1 N–H and O–H groups in total. The van der Waals surface area contributed by atoms with Crippen LogP contribution in [0.5, 0.6) is 0 Å². The van der Waals surface area contributed by atoms with Gasteiger partial charge in [-0.1, -0.05) is 26.0 Å². The monoisotopic (exact) mass is 251 g/mol. The van der Waals surface area contributed by atoms with Crippen LogP contribution in [-0.4, -0.2) is 29.2 Å². The topological polar surface area (TPSA) is 23.5 Å². The van der Waals surface area contributed by atoms with Crippen molar-refractivity contribution in [1.29, 1.82) is 0 Å². The van der Waals surface area contributed by atoms with E-state index in [9.17, 15) is 9.50 Å². The van der Waals surface area contributed by atoms with Crippen LogP contribution in [0.1, 0.15) is 32.3 Å². The fourth-order valence-corrected chi connectivity index (χ4v) is 2.80. The van der Waals surface area contributed by atoms with E-state index >= 15 is 0 Å². The number of nitrogens with zero attached hydrogens (tertiary/aromatic N) is 1. The molecule has 3 heteroatoms. The predicted octanol–water partition coefficient (Wildman–Crippen LogP) is 2.81. The van der Waals surface area contributed by atoms with Gasteiger partial charge >= 0.3 is 0 Å². The van der Waals surface area contributed by atoms with Gasteiger partial charge in [0.15, 0.2) is 0 Å². The number of aliphatic hydroxyl groups is 1. The van der Waals surface area contributed by atoms with Crippen molar-refractivity contribution in [3.63, 3.8) is 0 Å². The van der Waals surface area contributed by atoms with E-state index in [-0.39, 0.29) is 23.4 Å². The average molecular weight is 251 g/mol. The summed E-state index contributed by atoms with van der Waals surface area (Å²) in [6.45, 7) is 4.98. The normalized spacial score (nSPS) is 26.8. The number of benzene rings is 1. The molecule has 2 atom stereocenters. The summed E-state index contributed by atoms with van der Waals surface area (Å²) in [5, 5.41) is 10.3. The van der Waals surface area contributed by atoms with E-state index < -0.39 is 0 Å². The number of hydrogen-bond acceptors (Lipinski definition) is 2. The summed E-state index contributed by atoms with van der Waals surface area (Å²) in [7, 11) is 2.03. The predicted molar refractivity (Wildman–Crippen MR) is 70.7 cm³/mol. The lowest BCUT2D eigenvalue weighted by molar-refractivity contribution is 0.0209. The molecule has 2 nitrogen and oxygen atoms in total. The average Bonchev–Trinajstić information content (AvgIpc) is 2.58. The van der Waals surface area contributed by atoms with E-state index in [2.05, 4.69) is 18.7 Å². The number of likely N-dealkylation sites (N-methyl/N-ethyl adjacent to an activating group) is 1. The Morgan fingerprint density at radius 1 is 1.33 bits per heavy atom. The molecule has 18 heavy (non-hydrogen) atoms. The number of hydrogen-bond donors (Lipinski definition) is 1. The summed E-state index contributed by atoms with van der Waals surface area (Å²) >= 11 is 0. The summed E-state index contributed by atoms with van der Waals surface area (Å²) in [5.74, 6) is -0.205. The van der Waals surface area contributed by atoms with Crippen LogP contribution in [0.25, 0.3) is 0 Å². The Balaban J connectivity index is 2.00. The lowest BCUT2D eigenvalue weighted by atomic mass is 9.88. The van der Waals surface area contributed by atoms with Crippen LogP contribution in [0.2, 0.25) is 0 Å². The van der Waals surface area contributed by atoms with Crippen molar-refractivity contribution in [2.45, 2.75) is 45.4 Å². The van der Waals surface area contributed by atoms with Crippen molar-refractivity contribution >= 4 is 0 Å². The second-order valence-electron chi connectivity index (χ2n) is 6.08. The van der Waals surface area contributed by atoms with Crippen LogP contribution < -0.4 is 0 Å². The van der Waals surface area contributed by atoms with Crippen LogP contribution in [0, 0.1) is 11.2 Å². The summed E-state index contributed by atoms with van der Waals surface area (Å²) in [5.41, 5.74) is 1.08. The van der Waals surface area contributed by atoms with Gasteiger partial charge in [-0.15, -0.1) is 0 Å². The summed E-state index contributed by atoms with van der Waals surface area (Å²) < 4.78 is 12.8. The van der Waals surface area contributed by atoms with Crippen LogP contribution in [0.4, 0.5) is 4.39 Å². The zero-order valence-electron chi connectivity index (χ0n) is 11.4. The molecule has 0 aliphatic heterocycles. The van der Waals surface area contributed by atoms with Gasteiger partial charge in [0.2, 0.25) is 0 Å². The first-order valence-corrected chi connectivity index (χ1v) is 6.53.